The van der Waals surface area contributed by atoms with Crippen molar-refractivity contribution in [1.82, 2.24) is 42.5 Å². The van der Waals surface area contributed by atoms with Crippen molar-refractivity contribution in [1.29, 1.82) is 0 Å². The maximum atomic E-state index is 13.7. The molecule has 0 aromatic heterocycles. The van der Waals surface area contributed by atoms with E-state index in [-0.39, 0.29) is 80.8 Å². The Balaban J connectivity index is 0.00000193. The van der Waals surface area contributed by atoms with Crippen molar-refractivity contribution in [2.75, 3.05) is 13.6 Å². The molecule has 0 radical (unpaired) electrons. The number of primary amides is 2. The number of rotatable bonds is 33. The van der Waals surface area contributed by atoms with Crippen LogP contribution in [-0.2, 0) is 64.0 Å². The van der Waals surface area contributed by atoms with Crippen LogP contribution in [0.15, 0.2) is 24.3 Å². The number of phenols is 1. The molecule has 1 aromatic carbocycles. The number of phenolic OH excluding ortho intramolecular Hbond substituents is 1. The third-order valence-electron chi connectivity index (χ3n) is 11.6. The van der Waals surface area contributed by atoms with Crippen molar-refractivity contribution in [3.63, 3.8) is 0 Å². The number of hydrogen-bond acceptors (Lipinski definition) is 13. The lowest BCUT2D eigenvalue weighted by molar-refractivity contribution is -0.136. The number of halogens is 1. The number of nitrogens with one attached hydrogen (secondary N) is 8. The van der Waals surface area contributed by atoms with E-state index in [9.17, 15) is 67.0 Å². The first-order chi connectivity index (χ1) is 34.6. The Hall–Kier alpha value is -7.01. The van der Waals surface area contributed by atoms with E-state index >= 15 is 0 Å². The number of ketones is 2. The van der Waals surface area contributed by atoms with Gasteiger partial charge in [-0.1, -0.05) is 67.0 Å². The van der Waals surface area contributed by atoms with E-state index < -0.39 is 114 Å². The van der Waals surface area contributed by atoms with Gasteiger partial charge in [0.1, 0.15) is 47.9 Å². The minimum atomic E-state index is -1.60. The van der Waals surface area contributed by atoms with Crippen LogP contribution in [0, 0.1) is 17.8 Å². The van der Waals surface area contributed by atoms with Crippen molar-refractivity contribution < 1.29 is 67.0 Å². The summed E-state index contributed by atoms with van der Waals surface area (Å²) < 4.78 is 13.4. The molecule has 9 atom stereocenters. The summed E-state index contributed by atoms with van der Waals surface area (Å²) in [7, 11) is 1.48. The molecule has 74 heavy (non-hydrogen) atoms. The normalized spacial score (nSPS) is 14.4. The maximum absolute atomic E-state index is 13.7. The highest BCUT2D eigenvalue weighted by atomic mass is 19.1. The van der Waals surface area contributed by atoms with Crippen LogP contribution >= 0.6 is 0 Å². The van der Waals surface area contributed by atoms with Crippen molar-refractivity contribution in [2.24, 2.45) is 29.2 Å². The number of carbonyl (C=O) groups is 12. The fourth-order valence-electron chi connectivity index (χ4n) is 6.88. The topological polar surface area (TPSA) is 373 Å². The number of carbonyl (C=O) groups excluding carboxylic acids is 12. The van der Waals surface area contributed by atoms with Crippen LogP contribution in [-0.4, -0.2) is 132 Å². The van der Waals surface area contributed by atoms with E-state index in [0.29, 0.717) is 24.8 Å². The zero-order valence-corrected chi connectivity index (χ0v) is 44.4. The van der Waals surface area contributed by atoms with Gasteiger partial charge in [-0.3, -0.25) is 52.7 Å². The predicted molar refractivity (Wildman–Crippen MR) is 271 cm³/mol. The minimum Gasteiger partial charge on any atom is -0.508 e. The highest BCUT2D eigenvalue weighted by Gasteiger charge is 2.35. The number of likely N-dealkylation sites (N-methyl/N-ethyl adjacent to an activating group) is 1. The van der Waals surface area contributed by atoms with Gasteiger partial charge in [0.25, 0.3) is 0 Å². The second-order valence-corrected chi connectivity index (χ2v) is 18.7. The summed E-state index contributed by atoms with van der Waals surface area (Å²) in [6.45, 7) is 14.6. The van der Waals surface area contributed by atoms with E-state index in [0.717, 1.165) is 0 Å². The first-order valence-electron chi connectivity index (χ1n) is 24.9. The number of benzene rings is 1. The Morgan fingerprint density at radius 3 is 1.64 bits per heavy atom. The van der Waals surface area contributed by atoms with Gasteiger partial charge in [-0.2, -0.15) is 0 Å². The van der Waals surface area contributed by atoms with Gasteiger partial charge < -0.3 is 63.9 Å². The molecule has 0 saturated heterocycles. The number of aromatic hydroxyl groups is 1. The first kappa shape index (κ1) is 67.0. The Morgan fingerprint density at radius 1 is 0.595 bits per heavy atom. The van der Waals surface area contributed by atoms with Gasteiger partial charge >= 0.3 is 0 Å². The number of hydrogen-bond donors (Lipinski definition) is 11. The predicted octanol–water partition coefficient (Wildman–Crippen LogP) is 0.0677. The van der Waals surface area contributed by atoms with Gasteiger partial charge in [-0.25, -0.2) is 4.39 Å². The molecule has 0 aliphatic carbocycles. The average Bonchev–Trinajstić information content (AvgIpc) is 3.33. The zero-order valence-electron chi connectivity index (χ0n) is 44.4. The molecule has 0 fully saturated rings. The molecule has 13 N–H and O–H groups in total. The fraction of sp³-hybridized carbons (Fsp3) is 0.640. The monoisotopic (exact) mass is 1050 g/mol. The molecule has 0 heterocycles. The molecule has 5 unspecified atom stereocenters. The summed E-state index contributed by atoms with van der Waals surface area (Å²) in [5.74, 6) is -8.28. The van der Waals surface area contributed by atoms with Crippen molar-refractivity contribution in [3.05, 3.63) is 29.8 Å². The van der Waals surface area contributed by atoms with Crippen molar-refractivity contribution >= 4 is 70.6 Å². The van der Waals surface area contributed by atoms with Crippen LogP contribution in [0.25, 0.3) is 0 Å². The quantitative estimate of drug-likeness (QED) is 0.0445. The number of alkyl halides is 1. The molecule has 0 aliphatic heterocycles. The summed E-state index contributed by atoms with van der Waals surface area (Å²) in [6.07, 6.45) is -1.02. The van der Waals surface area contributed by atoms with Gasteiger partial charge in [0.2, 0.25) is 59.1 Å². The number of amides is 10. The minimum absolute atomic E-state index is 0.00674. The Kier molecular flexibility index (Phi) is 31.9. The van der Waals surface area contributed by atoms with E-state index in [1.807, 2.05) is 13.8 Å². The van der Waals surface area contributed by atoms with Crippen LogP contribution in [0.2, 0.25) is 0 Å². The Labute approximate surface area is 432 Å². The lowest BCUT2D eigenvalue weighted by Gasteiger charge is -2.29. The van der Waals surface area contributed by atoms with Gasteiger partial charge in [0, 0.05) is 38.6 Å². The molecule has 1 aromatic rings. The third kappa shape index (κ3) is 27.7. The second-order valence-electron chi connectivity index (χ2n) is 18.7. The summed E-state index contributed by atoms with van der Waals surface area (Å²) in [5.41, 5.74) is 11.2. The second kappa shape index (κ2) is 35.2. The van der Waals surface area contributed by atoms with Crippen LogP contribution in [0.5, 0.6) is 5.75 Å². The van der Waals surface area contributed by atoms with Crippen LogP contribution in [0.4, 0.5) is 4.39 Å². The summed E-state index contributed by atoms with van der Waals surface area (Å²) >= 11 is 0. The summed E-state index contributed by atoms with van der Waals surface area (Å²) in [4.78, 5) is 149. The summed E-state index contributed by atoms with van der Waals surface area (Å²) in [6, 6.07) is -1.28. The molecule has 0 spiro atoms. The highest BCUT2D eigenvalue weighted by Crippen LogP contribution is 2.16. The molecular formula is C50H81FN10O13. The average molecular weight is 1050 g/mol. The molecule has 416 valence electrons. The maximum Gasteiger partial charge on any atom is 0.243 e. The molecule has 23 nitrogen and oxygen atoms in total. The van der Waals surface area contributed by atoms with E-state index in [1.165, 1.54) is 33.0 Å². The van der Waals surface area contributed by atoms with Crippen molar-refractivity contribution in [3.8, 4) is 5.75 Å². The molecular weight excluding hydrogens is 968 g/mol. The van der Waals surface area contributed by atoms with E-state index in [2.05, 4.69) is 42.5 Å². The van der Waals surface area contributed by atoms with Gasteiger partial charge in [-0.15, -0.1) is 0 Å². The molecule has 0 saturated carbocycles. The van der Waals surface area contributed by atoms with Crippen LogP contribution < -0.4 is 54.0 Å². The lowest BCUT2D eigenvalue weighted by atomic mass is 9.96. The molecule has 10 amide bonds. The largest absolute Gasteiger partial charge is 0.508 e. The van der Waals surface area contributed by atoms with Crippen LogP contribution in [0.3, 0.4) is 0 Å². The van der Waals surface area contributed by atoms with E-state index in [1.54, 1.807) is 46.8 Å². The SMILES string of the molecule is CCC(=O)N[C@@H](Cc1ccc(O)cc1)C(=O)NC(C(=O)N[C@@H](CCC(N)=O)C(=O)N[C@@H](CC(N)=O)C(=O)NC(CCC(C)=O)C(C)=O)C(C)CC.CC[C@H](F)CC(C)C(=O)NC(CC(C)C)C(=O)NCC(=O)NC. The Bertz CT molecular complexity index is 2070. The molecule has 1 rings (SSSR count). The molecule has 24 heteroatoms. The number of Topliss-reactive ketones (excluding diaryl/α,β-unsaturated/α-hetero) is 2. The van der Waals surface area contributed by atoms with Gasteiger partial charge in [-0.05, 0) is 75.5 Å². The summed E-state index contributed by atoms with van der Waals surface area (Å²) in [5, 5.41) is 29.7. The third-order valence-corrected chi connectivity index (χ3v) is 11.6. The molecule has 0 aliphatic rings. The first-order valence-corrected chi connectivity index (χ1v) is 24.9. The van der Waals surface area contributed by atoms with Gasteiger partial charge in [0.05, 0.1) is 19.0 Å². The van der Waals surface area contributed by atoms with Crippen molar-refractivity contribution in [2.45, 2.75) is 175 Å². The molecule has 0 bridgehead atoms. The van der Waals surface area contributed by atoms with Crippen LogP contribution in [0.1, 0.15) is 132 Å². The van der Waals surface area contributed by atoms with E-state index in [4.69, 9.17) is 11.5 Å². The Morgan fingerprint density at radius 2 is 1.14 bits per heavy atom. The smallest absolute Gasteiger partial charge is 0.243 e. The van der Waals surface area contributed by atoms with Gasteiger partial charge in [0.15, 0.2) is 5.78 Å². The standard InChI is InChI=1S/C34H51N7O10.C16H30FN3O3/c1-6-18(3)30(41-33(50)25(37-29(47)7-2)16-21-9-11-22(44)12-10-21)34(51)39-24(14-15-27(35)45)31(48)40-26(17-28(36)46)32(49)38-23(20(5)43)13-8-19(4)42;1-6-12(17)8-11(4)15(22)20-13(7-10(2)3)16(23)19-9-14(21)18-5/h9-12,18,23-26,30,44H,6-8,13-17H2,1-5H3,(H2,35,45)(H2,36,46)(H,37,47)(H,38,49)(H,39,51)(H,40,48)(H,41,50);10-13H,6-9H2,1-5H3,(H,18,21)(H,19,23)(H,20,22)/t18?,23?,24-,25-,26-,30?;11?,12-,13?/m00/s1. The zero-order chi connectivity index (χ0) is 56.8. The fourth-order valence-corrected chi connectivity index (χ4v) is 6.88. The number of nitrogens with two attached hydrogens (primary N) is 2. The highest BCUT2D eigenvalue weighted by molar-refractivity contribution is 5.98. The lowest BCUT2D eigenvalue weighted by Crippen LogP contribution is -2.60.